The Bertz CT molecular complexity index is 1350. The van der Waals surface area contributed by atoms with Crippen LogP contribution in [-0.4, -0.2) is 82.7 Å². The second-order valence-corrected chi connectivity index (χ2v) is 10.9. The SMILES string of the molecule is O=C(CN(C(=O)c1ccc(F)cc1)C1CC1)Nc1nc(CC(=O)N2CCN(CC=Cc3ccccc3)CC2)cs1. The van der Waals surface area contributed by atoms with Crippen molar-refractivity contribution in [3.8, 4) is 0 Å². The summed E-state index contributed by atoms with van der Waals surface area (Å²) in [6, 6.07) is 15.5. The molecule has 1 saturated heterocycles. The van der Waals surface area contributed by atoms with Crippen molar-refractivity contribution in [2.45, 2.75) is 25.3 Å². The van der Waals surface area contributed by atoms with Gasteiger partial charge in [0.1, 0.15) is 12.4 Å². The van der Waals surface area contributed by atoms with Crippen LogP contribution in [0.2, 0.25) is 0 Å². The molecule has 0 atom stereocenters. The lowest BCUT2D eigenvalue weighted by atomic mass is 10.2. The van der Waals surface area contributed by atoms with Gasteiger partial charge in [-0.25, -0.2) is 9.37 Å². The number of nitrogens with one attached hydrogen (secondary N) is 1. The summed E-state index contributed by atoms with van der Waals surface area (Å²) in [4.78, 5) is 48.6. The van der Waals surface area contributed by atoms with Crippen LogP contribution in [-0.2, 0) is 16.0 Å². The van der Waals surface area contributed by atoms with Crippen molar-refractivity contribution in [2.24, 2.45) is 0 Å². The summed E-state index contributed by atoms with van der Waals surface area (Å²) in [6.45, 7) is 3.71. The van der Waals surface area contributed by atoms with Gasteiger partial charge in [0.2, 0.25) is 11.8 Å². The molecule has 2 aliphatic rings. The van der Waals surface area contributed by atoms with Gasteiger partial charge in [-0.2, -0.15) is 0 Å². The molecule has 8 nitrogen and oxygen atoms in total. The first kappa shape index (κ1) is 27.7. The highest BCUT2D eigenvalue weighted by molar-refractivity contribution is 7.13. The minimum absolute atomic E-state index is 0.00753. The van der Waals surface area contributed by atoms with E-state index in [1.54, 1.807) is 5.38 Å². The molecule has 1 N–H and O–H groups in total. The van der Waals surface area contributed by atoms with Gasteiger partial charge in [-0.15, -0.1) is 11.3 Å². The molecule has 1 saturated carbocycles. The molecular weight excluding hydrogens is 529 g/mol. The summed E-state index contributed by atoms with van der Waals surface area (Å²) in [6.07, 6.45) is 6.12. The second-order valence-electron chi connectivity index (χ2n) is 10.0. The molecule has 1 aliphatic heterocycles. The molecule has 2 fully saturated rings. The van der Waals surface area contributed by atoms with E-state index in [1.165, 1.54) is 46.1 Å². The van der Waals surface area contributed by atoms with Crippen LogP contribution in [0, 0.1) is 5.82 Å². The van der Waals surface area contributed by atoms with Crippen molar-refractivity contribution < 1.29 is 18.8 Å². The van der Waals surface area contributed by atoms with Crippen LogP contribution in [0.1, 0.15) is 34.5 Å². The van der Waals surface area contributed by atoms with Crippen molar-refractivity contribution in [3.05, 3.63) is 88.7 Å². The Morgan fingerprint density at radius 2 is 1.75 bits per heavy atom. The number of carbonyl (C=O) groups is 3. The van der Waals surface area contributed by atoms with Crippen molar-refractivity contribution in [2.75, 3.05) is 44.6 Å². The van der Waals surface area contributed by atoms with E-state index in [2.05, 4.69) is 39.5 Å². The van der Waals surface area contributed by atoms with Gasteiger partial charge < -0.3 is 15.1 Å². The number of piperazine rings is 1. The van der Waals surface area contributed by atoms with Crippen molar-refractivity contribution >= 4 is 40.3 Å². The molecule has 0 unspecified atom stereocenters. The van der Waals surface area contributed by atoms with E-state index in [0.717, 1.165) is 32.5 Å². The lowest BCUT2D eigenvalue weighted by Gasteiger charge is -2.34. The fourth-order valence-corrected chi connectivity index (χ4v) is 5.35. The average molecular weight is 562 g/mol. The zero-order valence-corrected chi connectivity index (χ0v) is 23.0. The summed E-state index contributed by atoms with van der Waals surface area (Å²) >= 11 is 1.26. The minimum Gasteiger partial charge on any atom is -0.340 e. The molecule has 0 spiro atoms. The number of anilines is 1. The zero-order valence-electron chi connectivity index (χ0n) is 22.2. The molecule has 10 heteroatoms. The Labute approximate surface area is 237 Å². The van der Waals surface area contributed by atoms with Gasteiger partial charge in [0.25, 0.3) is 5.91 Å². The van der Waals surface area contributed by atoms with E-state index in [0.29, 0.717) is 29.5 Å². The smallest absolute Gasteiger partial charge is 0.254 e. The second kappa shape index (κ2) is 13.0. The molecular formula is C30H32FN5O3S. The van der Waals surface area contributed by atoms with Crippen molar-refractivity contribution in [1.29, 1.82) is 0 Å². The number of rotatable bonds is 10. The molecule has 2 aromatic carbocycles. The number of hydrogen-bond donors (Lipinski definition) is 1. The van der Waals surface area contributed by atoms with Crippen LogP contribution < -0.4 is 5.32 Å². The quantitative estimate of drug-likeness (QED) is 0.406. The van der Waals surface area contributed by atoms with Gasteiger partial charge in [-0.05, 0) is 42.7 Å². The van der Waals surface area contributed by atoms with E-state index >= 15 is 0 Å². The maximum Gasteiger partial charge on any atom is 0.254 e. The van der Waals surface area contributed by atoms with Crippen LogP contribution in [0.5, 0.6) is 0 Å². The maximum atomic E-state index is 13.2. The highest BCUT2D eigenvalue weighted by Gasteiger charge is 2.34. The Balaban J connectivity index is 1.06. The maximum absolute atomic E-state index is 13.2. The number of nitrogens with zero attached hydrogens (tertiary/aromatic N) is 4. The summed E-state index contributed by atoms with van der Waals surface area (Å²) < 4.78 is 13.2. The first-order chi connectivity index (χ1) is 19.4. The summed E-state index contributed by atoms with van der Waals surface area (Å²) in [7, 11) is 0. The third-order valence-electron chi connectivity index (χ3n) is 6.98. The molecule has 1 aromatic heterocycles. The summed E-state index contributed by atoms with van der Waals surface area (Å²) in [5.74, 6) is -1.05. The number of aromatic nitrogens is 1. The Morgan fingerprint density at radius 3 is 2.45 bits per heavy atom. The molecule has 0 radical (unpaired) electrons. The van der Waals surface area contributed by atoms with Gasteiger partial charge in [0.05, 0.1) is 12.1 Å². The fourth-order valence-electron chi connectivity index (χ4n) is 4.62. The molecule has 3 amide bonds. The van der Waals surface area contributed by atoms with E-state index in [9.17, 15) is 18.8 Å². The number of thiazole rings is 1. The van der Waals surface area contributed by atoms with Crippen LogP contribution in [0.25, 0.3) is 6.08 Å². The highest BCUT2D eigenvalue weighted by Crippen LogP contribution is 2.28. The van der Waals surface area contributed by atoms with Crippen molar-refractivity contribution in [3.63, 3.8) is 0 Å². The molecule has 5 rings (SSSR count). The number of carbonyl (C=O) groups excluding carboxylic acids is 3. The molecule has 2 heterocycles. The Hall–Kier alpha value is -3.89. The van der Waals surface area contributed by atoms with Crippen LogP contribution in [0.3, 0.4) is 0 Å². The topological polar surface area (TPSA) is 85.8 Å². The average Bonchev–Trinajstić information content (AvgIpc) is 3.72. The van der Waals surface area contributed by atoms with E-state index in [-0.39, 0.29) is 36.7 Å². The predicted molar refractivity (Wildman–Crippen MR) is 153 cm³/mol. The largest absolute Gasteiger partial charge is 0.340 e. The first-order valence-corrected chi connectivity index (χ1v) is 14.3. The van der Waals surface area contributed by atoms with Gasteiger partial charge in [-0.1, -0.05) is 42.5 Å². The fraction of sp³-hybridized carbons (Fsp3) is 0.333. The molecule has 208 valence electrons. The van der Waals surface area contributed by atoms with Crippen molar-refractivity contribution in [1.82, 2.24) is 19.7 Å². The number of hydrogen-bond acceptors (Lipinski definition) is 6. The normalized spacial score (nSPS) is 15.8. The lowest BCUT2D eigenvalue weighted by Crippen LogP contribution is -2.49. The van der Waals surface area contributed by atoms with Crippen LogP contribution >= 0.6 is 11.3 Å². The lowest BCUT2D eigenvalue weighted by molar-refractivity contribution is -0.132. The Morgan fingerprint density at radius 1 is 1.02 bits per heavy atom. The third-order valence-corrected chi connectivity index (χ3v) is 7.79. The minimum atomic E-state index is -0.417. The van der Waals surface area contributed by atoms with E-state index in [4.69, 9.17) is 0 Å². The van der Waals surface area contributed by atoms with E-state index in [1.807, 2.05) is 23.1 Å². The monoisotopic (exact) mass is 561 g/mol. The number of benzene rings is 2. The number of halogens is 1. The summed E-state index contributed by atoms with van der Waals surface area (Å²) in [5.41, 5.74) is 2.13. The summed E-state index contributed by atoms with van der Waals surface area (Å²) in [5, 5.41) is 4.93. The van der Waals surface area contributed by atoms with E-state index < -0.39 is 5.82 Å². The van der Waals surface area contributed by atoms with Crippen LogP contribution in [0.4, 0.5) is 9.52 Å². The van der Waals surface area contributed by atoms with Gasteiger partial charge in [0.15, 0.2) is 5.13 Å². The predicted octanol–water partition coefficient (Wildman–Crippen LogP) is 3.93. The third kappa shape index (κ3) is 7.61. The first-order valence-electron chi connectivity index (χ1n) is 13.5. The molecule has 3 aromatic rings. The molecule has 0 bridgehead atoms. The van der Waals surface area contributed by atoms with Gasteiger partial charge >= 0.3 is 0 Å². The standard InChI is InChI=1S/C30H32FN5O3S/c31-24-10-8-23(9-11-24)29(39)36(26-12-13-26)20-27(37)33-30-32-25(21-40-30)19-28(38)35-17-15-34(16-18-35)14-4-7-22-5-2-1-3-6-22/h1-11,21,26H,12-20H2,(H,32,33,37). The van der Waals surface area contributed by atoms with Crippen LogP contribution in [0.15, 0.2) is 66.1 Å². The molecule has 40 heavy (non-hydrogen) atoms. The zero-order chi connectivity index (χ0) is 27.9. The Kier molecular flexibility index (Phi) is 8.98. The van der Waals surface area contributed by atoms with Gasteiger partial charge in [0, 0.05) is 49.7 Å². The highest BCUT2D eigenvalue weighted by atomic mass is 32.1. The molecule has 1 aliphatic carbocycles. The van der Waals surface area contributed by atoms with Gasteiger partial charge in [-0.3, -0.25) is 19.3 Å². The number of amides is 3.